The third kappa shape index (κ3) is 2.85. The van der Waals surface area contributed by atoms with Crippen LogP contribution in [0.2, 0.25) is 0 Å². The van der Waals surface area contributed by atoms with Crippen molar-refractivity contribution in [1.82, 2.24) is 9.97 Å². The summed E-state index contributed by atoms with van der Waals surface area (Å²) in [4.78, 5) is 20.3. The smallest absolute Gasteiger partial charge is 0.275 e. The molecule has 0 unspecified atom stereocenters. The Bertz CT molecular complexity index is 654. The number of hydrogen-bond acceptors (Lipinski definition) is 5. The molecule has 0 bridgehead atoms. The Balaban J connectivity index is 1.81. The highest BCUT2D eigenvalue weighted by Gasteiger charge is 2.15. The van der Waals surface area contributed by atoms with Crippen LogP contribution >= 0.6 is 0 Å². The molecule has 1 aliphatic carbocycles. The first-order valence-corrected chi connectivity index (χ1v) is 6.98. The SMILES string of the molecule is NNc1cnc(C(=O)Nc2cccc3c2CCCC3)cn1. The van der Waals surface area contributed by atoms with Gasteiger partial charge in [-0.3, -0.25) is 4.79 Å². The minimum Gasteiger partial charge on any atom is -0.320 e. The summed E-state index contributed by atoms with van der Waals surface area (Å²) in [6.45, 7) is 0. The second kappa shape index (κ2) is 5.88. The first-order chi connectivity index (χ1) is 10.3. The summed E-state index contributed by atoms with van der Waals surface area (Å²) < 4.78 is 0. The van der Waals surface area contributed by atoms with E-state index in [2.05, 4.69) is 26.8 Å². The fraction of sp³-hybridized carbons (Fsp3) is 0.267. The highest BCUT2D eigenvalue weighted by atomic mass is 16.1. The molecule has 0 aliphatic heterocycles. The van der Waals surface area contributed by atoms with E-state index < -0.39 is 0 Å². The fourth-order valence-electron chi connectivity index (χ4n) is 2.60. The standard InChI is InChI=1S/C15H17N5O/c16-20-14-9-17-13(8-18-14)15(21)19-12-7-3-5-10-4-1-2-6-11(10)12/h3,5,7-9H,1-2,4,6,16H2,(H,18,20)(H,19,21). The van der Waals surface area contributed by atoms with Crippen molar-refractivity contribution >= 4 is 17.4 Å². The minimum atomic E-state index is -0.259. The topological polar surface area (TPSA) is 92.9 Å². The molecule has 0 fully saturated rings. The number of nitrogens with one attached hydrogen (secondary N) is 2. The van der Waals surface area contributed by atoms with Crippen LogP contribution in [0.4, 0.5) is 11.5 Å². The van der Waals surface area contributed by atoms with Crippen LogP contribution in [0.25, 0.3) is 0 Å². The Kier molecular flexibility index (Phi) is 3.79. The number of hydrogen-bond donors (Lipinski definition) is 3. The Labute approximate surface area is 122 Å². The zero-order valence-corrected chi connectivity index (χ0v) is 11.6. The van der Waals surface area contributed by atoms with Gasteiger partial charge in [0.05, 0.1) is 12.4 Å². The van der Waals surface area contributed by atoms with Gasteiger partial charge >= 0.3 is 0 Å². The molecule has 1 aromatic heterocycles. The number of benzene rings is 1. The summed E-state index contributed by atoms with van der Waals surface area (Å²) in [6, 6.07) is 6.05. The van der Waals surface area contributed by atoms with Gasteiger partial charge in [-0.2, -0.15) is 0 Å². The Morgan fingerprint density at radius 3 is 2.76 bits per heavy atom. The van der Waals surface area contributed by atoms with Crippen molar-refractivity contribution < 1.29 is 4.79 Å². The van der Waals surface area contributed by atoms with Crippen LogP contribution in [-0.2, 0) is 12.8 Å². The molecule has 6 nitrogen and oxygen atoms in total. The van der Waals surface area contributed by atoms with Crippen LogP contribution in [0, 0.1) is 0 Å². The lowest BCUT2D eigenvalue weighted by Gasteiger charge is -2.19. The van der Waals surface area contributed by atoms with Crippen molar-refractivity contribution in [3.63, 3.8) is 0 Å². The van der Waals surface area contributed by atoms with Crippen LogP contribution in [0.3, 0.4) is 0 Å². The predicted molar refractivity (Wildman–Crippen MR) is 80.9 cm³/mol. The summed E-state index contributed by atoms with van der Waals surface area (Å²) in [5.74, 6) is 5.38. The zero-order valence-electron chi connectivity index (χ0n) is 11.6. The van der Waals surface area contributed by atoms with Gasteiger partial charge in [-0.05, 0) is 42.9 Å². The highest BCUT2D eigenvalue weighted by Crippen LogP contribution is 2.28. The first kappa shape index (κ1) is 13.5. The maximum absolute atomic E-state index is 12.2. The van der Waals surface area contributed by atoms with Gasteiger partial charge in [-0.15, -0.1) is 0 Å². The Morgan fingerprint density at radius 2 is 2.00 bits per heavy atom. The number of anilines is 2. The zero-order chi connectivity index (χ0) is 14.7. The Morgan fingerprint density at radius 1 is 1.14 bits per heavy atom. The number of fused-ring (bicyclic) bond motifs is 1. The number of nitrogen functional groups attached to an aromatic ring is 1. The summed E-state index contributed by atoms with van der Waals surface area (Å²) in [5, 5.41) is 2.93. The van der Waals surface area contributed by atoms with E-state index in [9.17, 15) is 4.79 Å². The van der Waals surface area contributed by atoms with Crippen molar-refractivity contribution in [3.8, 4) is 0 Å². The van der Waals surface area contributed by atoms with Crippen LogP contribution in [-0.4, -0.2) is 15.9 Å². The van der Waals surface area contributed by atoms with Crippen LogP contribution in [0.5, 0.6) is 0 Å². The Hall–Kier alpha value is -2.47. The van der Waals surface area contributed by atoms with E-state index in [4.69, 9.17) is 5.84 Å². The molecule has 0 saturated heterocycles. The summed E-state index contributed by atoms with van der Waals surface area (Å²) in [6.07, 6.45) is 7.29. The average molecular weight is 283 g/mol. The molecule has 1 heterocycles. The average Bonchev–Trinajstić information content (AvgIpc) is 2.55. The van der Waals surface area contributed by atoms with Gasteiger partial charge in [-0.25, -0.2) is 15.8 Å². The molecular formula is C15H17N5O. The van der Waals surface area contributed by atoms with Crippen LogP contribution in [0.15, 0.2) is 30.6 Å². The van der Waals surface area contributed by atoms with Gasteiger partial charge in [0.1, 0.15) is 5.69 Å². The quantitative estimate of drug-likeness (QED) is 0.591. The van der Waals surface area contributed by atoms with Gasteiger partial charge in [-0.1, -0.05) is 12.1 Å². The van der Waals surface area contributed by atoms with E-state index in [1.165, 1.54) is 29.9 Å². The second-order valence-electron chi connectivity index (χ2n) is 5.04. The third-order valence-electron chi connectivity index (χ3n) is 3.68. The summed E-state index contributed by atoms with van der Waals surface area (Å²) >= 11 is 0. The first-order valence-electron chi connectivity index (χ1n) is 6.98. The molecule has 21 heavy (non-hydrogen) atoms. The third-order valence-corrected chi connectivity index (χ3v) is 3.68. The maximum atomic E-state index is 12.2. The summed E-state index contributed by atoms with van der Waals surface area (Å²) in [5.41, 5.74) is 6.09. The second-order valence-corrected chi connectivity index (χ2v) is 5.04. The number of hydrazine groups is 1. The van der Waals surface area contributed by atoms with Gasteiger partial charge in [0.15, 0.2) is 5.82 Å². The molecule has 0 saturated carbocycles. The van der Waals surface area contributed by atoms with E-state index >= 15 is 0 Å². The van der Waals surface area contributed by atoms with E-state index in [0.717, 1.165) is 24.9 Å². The largest absolute Gasteiger partial charge is 0.320 e. The highest BCUT2D eigenvalue weighted by molar-refractivity contribution is 6.03. The summed E-state index contributed by atoms with van der Waals surface area (Å²) in [7, 11) is 0. The number of aryl methyl sites for hydroxylation is 1. The normalized spacial score (nSPS) is 13.4. The molecule has 0 atom stereocenters. The molecule has 0 radical (unpaired) electrons. The minimum absolute atomic E-state index is 0.259. The van der Waals surface area contributed by atoms with Crippen molar-refractivity contribution in [1.29, 1.82) is 0 Å². The number of amides is 1. The van der Waals surface area contributed by atoms with E-state index in [1.807, 2.05) is 12.1 Å². The fourth-order valence-corrected chi connectivity index (χ4v) is 2.60. The monoisotopic (exact) mass is 283 g/mol. The van der Waals surface area contributed by atoms with Gasteiger partial charge in [0.25, 0.3) is 5.91 Å². The number of nitrogens with two attached hydrogens (primary N) is 1. The molecule has 6 heteroatoms. The van der Waals surface area contributed by atoms with Crippen molar-refractivity contribution in [2.45, 2.75) is 25.7 Å². The molecular weight excluding hydrogens is 266 g/mol. The molecule has 1 aromatic carbocycles. The van der Waals surface area contributed by atoms with Crippen molar-refractivity contribution in [3.05, 3.63) is 47.4 Å². The van der Waals surface area contributed by atoms with Crippen molar-refractivity contribution in [2.75, 3.05) is 10.7 Å². The van der Waals surface area contributed by atoms with Crippen LogP contribution < -0.4 is 16.6 Å². The van der Waals surface area contributed by atoms with Crippen molar-refractivity contribution in [2.24, 2.45) is 5.84 Å². The number of rotatable bonds is 3. The number of aromatic nitrogens is 2. The number of nitrogens with zero attached hydrogens (tertiary/aromatic N) is 2. The van der Waals surface area contributed by atoms with E-state index in [-0.39, 0.29) is 11.6 Å². The molecule has 1 aliphatic rings. The lowest BCUT2D eigenvalue weighted by molar-refractivity contribution is 0.102. The number of carbonyl (C=O) groups is 1. The van der Waals surface area contributed by atoms with E-state index in [1.54, 1.807) is 0 Å². The van der Waals surface area contributed by atoms with Gasteiger partial charge < -0.3 is 10.7 Å². The predicted octanol–water partition coefficient (Wildman–Crippen LogP) is 1.89. The number of carbonyl (C=O) groups excluding carboxylic acids is 1. The molecule has 3 rings (SSSR count). The molecule has 4 N–H and O–H groups in total. The lowest BCUT2D eigenvalue weighted by atomic mass is 9.90. The molecule has 0 spiro atoms. The molecule has 1 amide bonds. The lowest BCUT2D eigenvalue weighted by Crippen LogP contribution is -2.17. The molecule has 108 valence electrons. The maximum Gasteiger partial charge on any atom is 0.275 e. The van der Waals surface area contributed by atoms with E-state index in [0.29, 0.717) is 5.82 Å². The van der Waals surface area contributed by atoms with Gasteiger partial charge in [0, 0.05) is 5.69 Å². The van der Waals surface area contributed by atoms with Gasteiger partial charge in [0.2, 0.25) is 0 Å². The van der Waals surface area contributed by atoms with Crippen LogP contribution in [0.1, 0.15) is 34.5 Å². The molecule has 2 aromatic rings.